The minimum absolute atomic E-state index is 0.0294. The van der Waals surface area contributed by atoms with Crippen LogP contribution in [0.25, 0.3) is 10.9 Å². The molecule has 0 spiro atoms. The van der Waals surface area contributed by atoms with Crippen LogP contribution in [0.5, 0.6) is 0 Å². The summed E-state index contributed by atoms with van der Waals surface area (Å²) in [7, 11) is 0. The zero-order valence-corrected chi connectivity index (χ0v) is 8.93. The number of hydrogen-bond donors (Lipinski definition) is 2. The van der Waals surface area contributed by atoms with Gasteiger partial charge in [-0.3, -0.25) is 0 Å². The third kappa shape index (κ3) is 1.38. The number of H-pyrrole nitrogens is 1. The Hall–Kier alpha value is -0.800. The van der Waals surface area contributed by atoms with Crippen LogP contribution in [-0.4, -0.2) is 4.98 Å². The van der Waals surface area contributed by atoms with Crippen molar-refractivity contribution in [1.82, 2.24) is 4.98 Å². The fraction of sp³-hybridized carbons (Fsp3) is 0.200. The zero-order chi connectivity index (χ0) is 9.42. The molecule has 1 heterocycles. The molecule has 68 valence electrons. The van der Waals surface area contributed by atoms with E-state index in [0.717, 1.165) is 15.7 Å². The van der Waals surface area contributed by atoms with Gasteiger partial charge in [0, 0.05) is 27.1 Å². The molecule has 0 aliphatic rings. The number of hydrogen-bond acceptors (Lipinski definition) is 1. The predicted molar refractivity (Wildman–Crippen MR) is 58.6 cm³/mol. The molecule has 1 atom stereocenters. The van der Waals surface area contributed by atoms with Gasteiger partial charge in [0.2, 0.25) is 0 Å². The van der Waals surface area contributed by atoms with E-state index in [-0.39, 0.29) is 6.04 Å². The number of nitrogens with two attached hydrogens (primary N) is 1. The molecule has 3 heteroatoms. The number of para-hydroxylation sites is 1. The molecular formula is C10H11BrN2. The molecule has 0 fully saturated rings. The van der Waals surface area contributed by atoms with Gasteiger partial charge in [-0.2, -0.15) is 0 Å². The summed E-state index contributed by atoms with van der Waals surface area (Å²) >= 11 is 3.54. The van der Waals surface area contributed by atoms with Crippen molar-refractivity contribution in [3.63, 3.8) is 0 Å². The summed E-state index contributed by atoms with van der Waals surface area (Å²) in [6.07, 6.45) is 0. The Bertz CT molecular complexity index is 431. The Morgan fingerprint density at radius 3 is 2.69 bits per heavy atom. The van der Waals surface area contributed by atoms with Crippen molar-refractivity contribution in [2.75, 3.05) is 0 Å². The monoisotopic (exact) mass is 238 g/mol. The van der Waals surface area contributed by atoms with E-state index >= 15 is 0 Å². The standard InChI is InChI=1S/C10H11BrN2/c1-6(12)10-9(11)7-4-2-3-5-8(7)13-10/h2-6,13H,12H2,1H3. The summed E-state index contributed by atoms with van der Waals surface area (Å²) in [5.74, 6) is 0. The van der Waals surface area contributed by atoms with Gasteiger partial charge in [0.1, 0.15) is 0 Å². The number of fused-ring (bicyclic) bond motifs is 1. The molecule has 0 bridgehead atoms. The molecule has 0 amide bonds. The van der Waals surface area contributed by atoms with E-state index in [0.29, 0.717) is 0 Å². The summed E-state index contributed by atoms with van der Waals surface area (Å²) in [6.45, 7) is 1.97. The third-order valence-electron chi connectivity index (χ3n) is 2.12. The second-order valence-electron chi connectivity index (χ2n) is 3.19. The van der Waals surface area contributed by atoms with E-state index in [9.17, 15) is 0 Å². The van der Waals surface area contributed by atoms with Crippen LogP contribution in [0.1, 0.15) is 18.7 Å². The van der Waals surface area contributed by atoms with Crippen molar-refractivity contribution in [1.29, 1.82) is 0 Å². The lowest BCUT2D eigenvalue weighted by Gasteiger charge is -2.01. The molecule has 1 aromatic carbocycles. The lowest BCUT2D eigenvalue weighted by molar-refractivity contribution is 0.788. The molecular weight excluding hydrogens is 228 g/mol. The maximum Gasteiger partial charge on any atom is 0.0477 e. The molecule has 2 aromatic rings. The van der Waals surface area contributed by atoms with Crippen LogP contribution in [0.3, 0.4) is 0 Å². The van der Waals surface area contributed by atoms with Crippen LogP contribution in [0.2, 0.25) is 0 Å². The molecule has 0 aliphatic heterocycles. The molecule has 0 saturated carbocycles. The van der Waals surface area contributed by atoms with Crippen LogP contribution < -0.4 is 5.73 Å². The van der Waals surface area contributed by atoms with Gasteiger partial charge in [-0.25, -0.2) is 0 Å². The SMILES string of the molecule is CC(N)c1[nH]c2ccccc2c1Br. The van der Waals surface area contributed by atoms with E-state index in [1.54, 1.807) is 0 Å². The molecule has 13 heavy (non-hydrogen) atoms. The Labute approximate surface area is 85.3 Å². The van der Waals surface area contributed by atoms with Crippen molar-refractivity contribution < 1.29 is 0 Å². The Morgan fingerprint density at radius 2 is 2.08 bits per heavy atom. The molecule has 1 unspecified atom stereocenters. The minimum atomic E-state index is 0.0294. The summed E-state index contributed by atoms with van der Waals surface area (Å²) in [6, 6.07) is 8.18. The Kier molecular flexibility index (Phi) is 2.14. The van der Waals surface area contributed by atoms with Crippen LogP contribution in [0, 0.1) is 0 Å². The quantitative estimate of drug-likeness (QED) is 0.789. The average Bonchev–Trinajstić information content (AvgIpc) is 2.45. The first-order valence-corrected chi connectivity index (χ1v) is 5.01. The van der Waals surface area contributed by atoms with E-state index in [2.05, 4.69) is 27.0 Å². The van der Waals surface area contributed by atoms with Gasteiger partial charge in [-0.05, 0) is 28.9 Å². The summed E-state index contributed by atoms with van der Waals surface area (Å²) in [5, 5.41) is 1.19. The van der Waals surface area contributed by atoms with Crippen molar-refractivity contribution >= 4 is 26.8 Å². The highest BCUT2D eigenvalue weighted by Gasteiger charge is 2.10. The fourth-order valence-corrected chi connectivity index (χ4v) is 2.25. The van der Waals surface area contributed by atoms with Gasteiger partial charge < -0.3 is 10.7 Å². The summed E-state index contributed by atoms with van der Waals surface area (Å²) < 4.78 is 1.08. The van der Waals surface area contributed by atoms with Crippen LogP contribution in [0.4, 0.5) is 0 Å². The first-order chi connectivity index (χ1) is 6.20. The molecule has 2 rings (SSSR count). The summed E-state index contributed by atoms with van der Waals surface area (Å²) in [5.41, 5.74) is 8.00. The maximum absolute atomic E-state index is 5.82. The number of aromatic amines is 1. The van der Waals surface area contributed by atoms with Gasteiger partial charge in [0.15, 0.2) is 0 Å². The first kappa shape index (κ1) is 8.78. The highest BCUT2D eigenvalue weighted by atomic mass is 79.9. The lowest BCUT2D eigenvalue weighted by Crippen LogP contribution is -2.05. The molecule has 2 nitrogen and oxygen atoms in total. The van der Waals surface area contributed by atoms with Crippen LogP contribution >= 0.6 is 15.9 Å². The van der Waals surface area contributed by atoms with Gasteiger partial charge in [0.05, 0.1) is 0 Å². The minimum Gasteiger partial charge on any atom is -0.356 e. The van der Waals surface area contributed by atoms with Crippen molar-refractivity contribution in [3.8, 4) is 0 Å². The second kappa shape index (κ2) is 3.16. The molecule has 3 N–H and O–H groups in total. The van der Waals surface area contributed by atoms with E-state index in [4.69, 9.17) is 5.73 Å². The second-order valence-corrected chi connectivity index (χ2v) is 3.98. The van der Waals surface area contributed by atoms with Crippen LogP contribution in [0.15, 0.2) is 28.7 Å². The van der Waals surface area contributed by atoms with E-state index in [1.807, 2.05) is 25.1 Å². The predicted octanol–water partition coefficient (Wildman–Crippen LogP) is 2.95. The number of nitrogens with one attached hydrogen (secondary N) is 1. The highest BCUT2D eigenvalue weighted by molar-refractivity contribution is 9.10. The normalized spacial score (nSPS) is 13.5. The number of halogens is 1. The summed E-state index contributed by atoms with van der Waals surface area (Å²) in [4.78, 5) is 3.29. The molecule has 0 aliphatic carbocycles. The number of rotatable bonds is 1. The van der Waals surface area contributed by atoms with E-state index < -0.39 is 0 Å². The average molecular weight is 239 g/mol. The largest absolute Gasteiger partial charge is 0.356 e. The Balaban J connectivity index is 2.74. The Morgan fingerprint density at radius 1 is 1.38 bits per heavy atom. The zero-order valence-electron chi connectivity index (χ0n) is 7.34. The van der Waals surface area contributed by atoms with Crippen molar-refractivity contribution in [3.05, 3.63) is 34.4 Å². The van der Waals surface area contributed by atoms with Gasteiger partial charge in [-0.1, -0.05) is 18.2 Å². The molecule has 0 saturated heterocycles. The number of benzene rings is 1. The topological polar surface area (TPSA) is 41.8 Å². The van der Waals surface area contributed by atoms with Crippen LogP contribution in [-0.2, 0) is 0 Å². The number of aromatic nitrogens is 1. The van der Waals surface area contributed by atoms with Gasteiger partial charge >= 0.3 is 0 Å². The maximum atomic E-state index is 5.82. The molecule has 1 aromatic heterocycles. The third-order valence-corrected chi connectivity index (χ3v) is 2.98. The van der Waals surface area contributed by atoms with Gasteiger partial charge in [-0.15, -0.1) is 0 Å². The van der Waals surface area contributed by atoms with Crippen molar-refractivity contribution in [2.45, 2.75) is 13.0 Å². The van der Waals surface area contributed by atoms with E-state index in [1.165, 1.54) is 5.39 Å². The van der Waals surface area contributed by atoms with Gasteiger partial charge in [0.25, 0.3) is 0 Å². The molecule has 0 radical (unpaired) electrons. The lowest BCUT2D eigenvalue weighted by atomic mass is 10.2. The highest BCUT2D eigenvalue weighted by Crippen LogP contribution is 2.30. The van der Waals surface area contributed by atoms with Crippen molar-refractivity contribution in [2.24, 2.45) is 5.73 Å². The smallest absolute Gasteiger partial charge is 0.0477 e. The fourth-order valence-electron chi connectivity index (χ4n) is 1.44. The first-order valence-electron chi connectivity index (χ1n) is 4.22.